The maximum absolute atomic E-state index is 12.8. The summed E-state index contributed by atoms with van der Waals surface area (Å²) in [5.41, 5.74) is 2.75. The minimum Gasteiger partial charge on any atom is -0.387 e. The summed E-state index contributed by atoms with van der Waals surface area (Å²) in [4.78, 5) is 14.7. The van der Waals surface area contributed by atoms with Crippen LogP contribution in [0.2, 0.25) is 0 Å². The van der Waals surface area contributed by atoms with E-state index in [2.05, 4.69) is 24.4 Å². The highest BCUT2D eigenvalue weighted by molar-refractivity contribution is 5.99. The summed E-state index contributed by atoms with van der Waals surface area (Å²) < 4.78 is 0. The van der Waals surface area contributed by atoms with Crippen LogP contribution in [0.15, 0.2) is 54.6 Å². The van der Waals surface area contributed by atoms with Gasteiger partial charge in [-0.2, -0.15) is 0 Å². The van der Waals surface area contributed by atoms with Crippen molar-refractivity contribution >= 4 is 11.6 Å². The molecule has 2 aromatic rings. The number of para-hydroxylation sites is 1. The maximum atomic E-state index is 12.8. The minimum atomic E-state index is 0.0747. The summed E-state index contributed by atoms with van der Waals surface area (Å²) in [6.07, 6.45) is 0.945. The third-order valence-corrected chi connectivity index (χ3v) is 3.42. The molecule has 0 saturated heterocycles. The SMILES string of the molecule is CCCN(Cc1ccccc1)C(=O)c1ccccc1NC. The Labute approximate surface area is 126 Å². The van der Waals surface area contributed by atoms with E-state index >= 15 is 0 Å². The zero-order valence-corrected chi connectivity index (χ0v) is 12.7. The second-order valence-electron chi connectivity index (χ2n) is 5.01. The van der Waals surface area contributed by atoms with Gasteiger partial charge in [-0.25, -0.2) is 0 Å². The molecule has 0 aliphatic heterocycles. The van der Waals surface area contributed by atoms with Crippen molar-refractivity contribution in [2.75, 3.05) is 18.9 Å². The summed E-state index contributed by atoms with van der Waals surface area (Å²) in [7, 11) is 1.84. The fourth-order valence-electron chi connectivity index (χ4n) is 2.38. The van der Waals surface area contributed by atoms with Gasteiger partial charge in [0.25, 0.3) is 5.91 Å². The maximum Gasteiger partial charge on any atom is 0.256 e. The molecule has 0 aliphatic carbocycles. The highest BCUT2D eigenvalue weighted by Gasteiger charge is 2.17. The monoisotopic (exact) mass is 282 g/mol. The summed E-state index contributed by atoms with van der Waals surface area (Å²) in [5, 5.41) is 3.09. The fraction of sp³-hybridized carbons (Fsp3) is 0.278. The first kappa shape index (κ1) is 15.1. The van der Waals surface area contributed by atoms with Gasteiger partial charge in [0, 0.05) is 25.8 Å². The van der Waals surface area contributed by atoms with Crippen molar-refractivity contribution < 1.29 is 4.79 Å². The van der Waals surface area contributed by atoms with Crippen LogP contribution in [0.3, 0.4) is 0 Å². The molecule has 0 fully saturated rings. The van der Waals surface area contributed by atoms with Gasteiger partial charge in [-0.15, -0.1) is 0 Å². The Morgan fingerprint density at radius 1 is 1.05 bits per heavy atom. The molecular weight excluding hydrogens is 260 g/mol. The van der Waals surface area contributed by atoms with Crippen molar-refractivity contribution in [3.8, 4) is 0 Å². The van der Waals surface area contributed by atoms with Crippen LogP contribution in [0, 0.1) is 0 Å². The number of benzene rings is 2. The first-order chi connectivity index (χ1) is 10.3. The summed E-state index contributed by atoms with van der Waals surface area (Å²) >= 11 is 0. The van der Waals surface area contributed by atoms with Crippen LogP contribution in [0.1, 0.15) is 29.3 Å². The van der Waals surface area contributed by atoms with E-state index < -0.39 is 0 Å². The highest BCUT2D eigenvalue weighted by Crippen LogP contribution is 2.18. The number of carbonyl (C=O) groups excluding carboxylic acids is 1. The van der Waals surface area contributed by atoms with Crippen molar-refractivity contribution in [2.45, 2.75) is 19.9 Å². The highest BCUT2D eigenvalue weighted by atomic mass is 16.2. The smallest absolute Gasteiger partial charge is 0.256 e. The standard InChI is InChI=1S/C18H22N2O/c1-3-13-20(14-15-9-5-4-6-10-15)18(21)16-11-7-8-12-17(16)19-2/h4-12,19H,3,13-14H2,1-2H3. The average Bonchev–Trinajstić information content (AvgIpc) is 2.54. The molecule has 0 aromatic heterocycles. The van der Waals surface area contributed by atoms with Crippen molar-refractivity contribution in [3.05, 3.63) is 65.7 Å². The number of nitrogens with one attached hydrogen (secondary N) is 1. The largest absolute Gasteiger partial charge is 0.387 e. The molecule has 0 aliphatic rings. The molecule has 1 N–H and O–H groups in total. The predicted octanol–water partition coefficient (Wildman–Crippen LogP) is 3.78. The van der Waals surface area contributed by atoms with E-state index in [1.165, 1.54) is 0 Å². The lowest BCUT2D eigenvalue weighted by Crippen LogP contribution is -2.31. The van der Waals surface area contributed by atoms with Crippen molar-refractivity contribution in [2.24, 2.45) is 0 Å². The molecule has 2 aromatic carbocycles. The quantitative estimate of drug-likeness (QED) is 0.874. The summed E-state index contributed by atoms with van der Waals surface area (Å²) in [6, 6.07) is 17.8. The second-order valence-corrected chi connectivity index (χ2v) is 5.01. The van der Waals surface area contributed by atoms with E-state index in [-0.39, 0.29) is 5.91 Å². The van der Waals surface area contributed by atoms with E-state index in [1.54, 1.807) is 0 Å². The molecular formula is C18H22N2O. The number of amides is 1. The Kier molecular flexibility index (Phi) is 5.38. The van der Waals surface area contributed by atoms with E-state index in [1.807, 2.05) is 54.4 Å². The number of rotatable bonds is 6. The van der Waals surface area contributed by atoms with E-state index in [9.17, 15) is 4.79 Å². The first-order valence-corrected chi connectivity index (χ1v) is 7.36. The lowest BCUT2D eigenvalue weighted by atomic mass is 10.1. The lowest BCUT2D eigenvalue weighted by molar-refractivity contribution is 0.0744. The van der Waals surface area contributed by atoms with Gasteiger partial charge in [0.1, 0.15) is 0 Å². The molecule has 2 rings (SSSR count). The lowest BCUT2D eigenvalue weighted by Gasteiger charge is -2.23. The Morgan fingerprint density at radius 3 is 2.38 bits per heavy atom. The normalized spacial score (nSPS) is 10.2. The number of nitrogens with zero attached hydrogens (tertiary/aromatic N) is 1. The van der Waals surface area contributed by atoms with Crippen molar-refractivity contribution in [1.82, 2.24) is 4.90 Å². The molecule has 0 spiro atoms. The molecule has 1 amide bonds. The van der Waals surface area contributed by atoms with E-state index in [0.717, 1.165) is 29.8 Å². The van der Waals surface area contributed by atoms with Crippen LogP contribution in [0.25, 0.3) is 0 Å². The zero-order valence-electron chi connectivity index (χ0n) is 12.7. The molecule has 3 heteroatoms. The van der Waals surface area contributed by atoms with Gasteiger partial charge in [-0.1, -0.05) is 49.4 Å². The van der Waals surface area contributed by atoms with Crippen LogP contribution in [0.4, 0.5) is 5.69 Å². The van der Waals surface area contributed by atoms with Gasteiger partial charge in [-0.3, -0.25) is 4.79 Å². The Morgan fingerprint density at radius 2 is 1.71 bits per heavy atom. The zero-order chi connectivity index (χ0) is 15.1. The van der Waals surface area contributed by atoms with E-state index in [0.29, 0.717) is 6.54 Å². The van der Waals surface area contributed by atoms with Crippen LogP contribution in [-0.2, 0) is 6.54 Å². The fourth-order valence-corrected chi connectivity index (χ4v) is 2.38. The molecule has 0 saturated carbocycles. The van der Waals surface area contributed by atoms with Crippen LogP contribution < -0.4 is 5.32 Å². The van der Waals surface area contributed by atoms with Gasteiger partial charge in [0.05, 0.1) is 5.56 Å². The van der Waals surface area contributed by atoms with Crippen LogP contribution in [0.5, 0.6) is 0 Å². The number of anilines is 1. The van der Waals surface area contributed by atoms with Gasteiger partial charge in [0.15, 0.2) is 0 Å². The molecule has 0 bridgehead atoms. The number of hydrogen-bond donors (Lipinski definition) is 1. The van der Waals surface area contributed by atoms with Gasteiger partial charge in [0.2, 0.25) is 0 Å². The Balaban J connectivity index is 2.23. The number of carbonyl (C=O) groups is 1. The van der Waals surface area contributed by atoms with Crippen molar-refractivity contribution in [3.63, 3.8) is 0 Å². The Hall–Kier alpha value is -2.29. The van der Waals surface area contributed by atoms with E-state index in [4.69, 9.17) is 0 Å². The van der Waals surface area contributed by atoms with Crippen LogP contribution >= 0.6 is 0 Å². The van der Waals surface area contributed by atoms with Gasteiger partial charge >= 0.3 is 0 Å². The van der Waals surface area contributed by atoms with Crippen LogP contribution in [-0.4, -0.2) is 24.4 Å². The topological polar surface area (TPSA) is 32.3 Å². The minimum absolute atomic E-state index is 0.0747. The molecule has 3 nitrogen and oxygen atoms in total. The summed E-state index contributed by atoms with van der Waals surface area (Å²) in [6.45, 7) is 3.49. The third kappa shape index (κ3) is 3.85. The molecule has 0 unspecified atom stereocenters. The molecule has 110 valence electrons. The van der Waals surface area contributed by atoms with Crippen molar-refractivity contribution in [1.29, 1.82) is 0 Å². The molecule has 0 radical (unpaired) electrons. The molecule has 21 heavy (non-hydrogen) atoms. The molecule has 0 atom stereocenters. The first-order valence-electron chi connectivity index (χ1n) is 7.36. The summed E-state index contributed by atoms with van der Waals surface area (Å²) in [5.74, 6) is 0.0747. The Bertz CT molecular complexity index is 581. The van der Waals surface area contributed by atoms with Gasteiger partial charge < -0.3 is 10.2 Å². The molecule has 0 heterocycles. The average molecular weight is 282 g/mol. The third-order valence-electron chi connectivity index (χ3n) is 3.42. The number of hydrogen-bond acceptors (Lipinski definition) is 2. The predicted molar refractivity (Wildman–Crippen MR) is 87.5 cm³/mol. The second kappa shape index (κ2) is 7.48. The van der Waals surface area contributed by atoms with Gasteiger partial charge in [-0.05, 0) is 24.1 Å².